The van der Waals surface area contributed by atoms with Crippen molar-refractivity contribution in [1.29, 1.82) is 0 Å². The molecular formula is C10H8ClN5O. The van der Waals surface area contributed by atoms with E-state index in [4.69, 9.17) is 11.6 Å². The molecule has 0 aliphatic rings. The number of hydrogen-bond donors (Lipinski definition) is 2. The zero-order valence-electron chi connectivity index (χ0n) is 8.59. The highest BCUT2D eigenvalue weighted by atomic mass is 35.5. The third kappa shape index (κ3) is 3.39. The van der Waals surface area contributed by atoms with E-state index in [2.05, 4.69) is 25.9 Å². The second-order valence-corrected chi connectivity index (χ2v) is 3.55. The van der Waals surface area contributed by atoms with E-state index in [0.717, 1.165) is 5.56 Å². The Labute approximate surface area is 102 Å². The third-order valence-electron chi connectivity index (χ3n) is 1.86. The van der Waals surface area contributed by atoms with Crippen LogP contribution in [0.5, 0.6) is 0 Å². The molecule has 2 aromatic rings. The van der Waals surface area contributed by atoms with Crippen LogP contribution in [-0.4, -0.2) is 26.5 Å². The molecule has 1 aromatic heterocycles. The van der Waals surface area contributed by atoms with Crippen molar-refractivity contribution in [2.75, 3.05) is 5.32 Å². The van der Waals surface area contributed by atoms with Gasteiger partial charge in [-0.25, -0.2) is 0 Å². The number of anilines is 1. The normalized spacial score (nSPS) is 10.6. The summed E-state index contributed by atoms with van der Waals surface area (Å²) >= 11 is 5.81. The molecule has 2 N–H and O–H groups in total. The SMILES string of the molecule is O=C(/C=C/c1cccc(Cl)c1)Nc1nn[nH]n1. The van der Waals surface area contributed by atoms with Crippen molar-refractivity contribution in [3.63, 3.8) is 0 Å². The average molecular weight is 250 g/mol. The first-order valence-corrected chi connectivity index (χ1v) is 5.10. The summed E-state index contributed by atoms with van der Waals surface area (Å²) in [4.78, 5) is 11.4. The number of benzene rings is 1. The molecule has 2 rings (SSSR count). The lowest BCUT2D eigenvalue weighted by molar-refractivity contribution is -0.111. The molecule has 17 heavy (non-hydrogen) atoms. The first-order chi connectivity index (χ1) is 8.24. The number of nitrogens with zero attached hydrogens (tertiary/aromatic N) is 3. The van der Waals surface area contributed by atoms with Crippen LogP contribution in [0.15, 0.2) is 30.3 Å². The largest absolute Gasteiger partial charge is 0.288 e. The molecule has 0 saturated heterocycles. The molecule has 0 atom stereocenters. The first-order valence-electron chi connectivity index (χ1n) is 4.72. The fraction of sp³-hybridized carbons (Fsp3) is 0. The molecule has 0 unspecified atom stereocenters. The molecule has 7 heteroatoms. The number of rotatable bonds is 3. The highest BCUT2D eigenvalue weighted by Crippen LogP contribution is 2.11. The molecule has 0 radical (unpaired) electrons. The highest BCUT2D eigenvalue weighted by Gasteiger charge is 2.00. The van der Waals surface area contributed by atoms with Gasteiger partial charge in [-0.15, -0.1) is 5.10 Å². The molecule has 1 heterocycles. The third-order valence-corrected chi connectivity index (χ3v) is 2.09. The molecule has 0 fully saturated rings. The van der Waals surface area contributed by atoms with E-state index >= 15 is 0 Å². The summed E-state index contributed by atoms with van der Waals surface area (Å²) in [5.74, 6) is -0.211. The summed E-state index contributed by atoms with van der Waals surface area (Å²) in [6, 6.07) is 7.15. The Hall–Kier alpha value is -2.21. The van der Waals surface area contributed by atoms with Crippen LogP contribution in [0, 0.1) is 0 Å². The number of H-pyrrole nitrogens is 1. The van der Waals surface area contributed by atoms with E-state index in [1.807, 2.05) is 6.07 Å². The molecule has 86 valence electrons. The minimum atomic E-state index is -0.341. The van der Waals surface area contributed by atoms with Crippen molar-refractivity contribution in [3.05, 3.63) is 40.9 Å². The van der Waals surface area contributed by atoms with Crippen molar-refractivity contribution in [2.45, 2.75) is 0 Å². The topological polar surface area (TPSA) is 83.6 Å². The number of nitrogens with one attached hydrogen (secondary N) is 2. The molecule has 1 aromatic carbocycles. The highest BCUT2D eigenvalue weighted by molar-refractivity contribution is 6.30. The predicted octanol–water partition coefficient (Wildman–Crippen LogP) is 1.50. The van der Waals surface area contributed by atoms with Gasteiger partial charge < -0.3 is 0 Å². The van der Waals surface area contributed by atoms with Crippen LogP contribution >= 0.6 is 11.6 Å². The fourth-order valence-electron chi connectivity index (χ4n) is 1.15. The second-order valence-electron chi connectivity index (χ2n) is 3.11. The molecule has 6 nitrogen and oxygen atoms in total. The quantitative estimate of drug-likeness (QED) is 0.808. The summed E-state index contributed by atoms with van der Waals surface area (Å²) in [5, 5.41) is 15.8. The maximum Gasteiger partial charge on any atom is 0.270 e. The van der Waals surface area contributed by atoms with Crippen LogP contribution in [-0.2, 0) is 4.79 Å². The van der Waals surface area contributed by atoms with E-state index in [1.54, 1.807) is 24.3 Å². The van der Waals surface area contributed by atoms with E-state index in [0.29, 0.717) is 5.02 Å². The summed E-state index contributed by atoms with van der Waals surface area (Å²) in [6.45, 7) is 0. The fourth-order valence-corrected chi connectivity index (χ4v) is 1.35. The van der Waals surface area contributed by atoms with Gasteiger partial charge in [0, 0.05) is 11.1 Å². The van der Waals surface area contributed by atoms with Gasteiger partial charge in [0.2, 0.25) is 0 Å². The van der Waals surface area contributed by atoms with Crippen LogP contribution in [0.25, 0.3) is 6.08 Å². The van der Waals surface area contributed by atoms with E-state index in [9.17, 15) is 4.79 Å². The van der Waals surface area contributed by atoms with Gasteiger partial charge in [0.15, 0.2) is 0 Å². The Morgan fingerprint density at radius 3 is 3.06 bits per heavy atom. The Kier molecular flexibility index (Phi) is 3.46. The van der Waals surface area contributed by atoms with Gasteiger partial charge >= 0.3 is 0 Å². The number of halogens is 1. The van der Waals surface area contributed by atoms with Gasteiger partial charge in [-0.05, 0) is 29.0 Å². The standard InChI is InChI=1S/C10H8ClN5O/c11-8-3-1-2-7(6-8)4-5-9(17)12-10-13-15-16-14-10/h1-6H,(H2,12,13,14,15,16,17)/b5-4+. The number of hydrogen-bond acceptors (Lipinski definition) is 4. The van der Waals surface area contributed by atoms with Crippen molar-refractivity contribution in [2.24, 2.45) is 0 Å². The van der Waals surface area contributed by atoms with Crippen LogP contribution in [0.1, 0.15) is 5.56 Å². The zero-order chi connectivity index (χ0) is 12.1. The monoisotopic (exact) mass is 249 g/mol. The maximum atomic E-state index is 11.4. The van der Waals surface area contributed by atoms with Crippen molar-refractivity contribution >= 4 is 29.5 Å². The lowest BCUT2D eigenvalue weighted by atomic mass is 10.2. The van der Waals surface area contributed by atoms with Gasteiger partial charge in [0.25, 0.3) is 11.9 Å². The summed E-state index contributed by atoms with van der Waals surface area (Å²) < 4.78 is 0. The molecular weight excluding hydrogens is 242 g/mol. The minimum absolute atomic E-state index is 0.130. The smallest absolute Gasteiger partial charge is 0.270 e. The van der Waals surface area contributed by atoms with Crippen LogP contribution < -0.4 is 5.32 Å². The minimum Gasteiger partial charge on any atom is -0.288 e. The Morgan fingerprint density at radius 2 is 2.35 bits per heavy atom. The van der Waals surface area contributed by atoms with Crippen molar-refractivity contribution < 1.29 is 4.79 Å². The Bertz CT molecular complexity index is 537. The van der Waals surface area contributed by atoms with Gasteiger partial charge in [0.1, 0.15) is 0 Å². The summed E-state index contributed by atoms with van der Waals surface area (Å²) in [5.41, 5.74) is 0.834. The number of carbonyl (C=O) groups excluding carboxylic acids is 1. The molecule has 0 saturated carbocycles. The lowest BCUT2D eigenvalue weighted by Gasteiger charge is -1.95. The van der Waals surface area contributed by atoms with Crippen LogP contribution in [0.3, 0.4) is 0 Å². The van der Waals surface area contributed by atoms with E-state index in [1.165, 1.54) is 6.08 Å². The molecule has 0 aliphatic carbocycles. The van der Waals surface area contributed by atoms with Gasteiger partial charge in [-0.2, -0.15) is 5.21 Å². The Balaban J connectivity index is 1.99. The molecule has 0 bridgehead atoms. The molecule has 0 aliphatic heterocycles. The lowest BCUT2D eigenvalue weighted by Crippen LogP contribution is -2.09. The van der Waals surface area contributed by atoms with Gasteiger partial charge in [-0.3, -0.25) is 10.1 Å². The van der Waals surface area contributed by atoms with Gasteiger partial charge in [-0.1, -0.05) is 28.8 Å². The predicted molar refractivity (Wildman–Crippen MR) is 63.3 cm³/mol. The van der Waals surface area contributed by atoms with Crippen LogP contribution in [0.2, 0.25) is 5.02 Å². The number of aromatic nitrogens is 4. The van der Waals surface area contributed by atoms with E-state index in [-0.39, 0.29) is 11.9 Å². The van der Waals surface area contributed by atoms with Crippen molar-refractivity contribution in [3.8, 4) is 0 Å². The number of amides is 1. The average Bonchev–Trinajstić information content (AvgIpc) is 2.79. The number of carbonyl (C=O) groups is 1. The number of aromatic amines is 1. The Morgan fingerprint density at radius 1 is 1.47 bits per heavy atom. The van der Waals surface area contributed by atoms with Crippen LogP contribution in [0.4, 0.5) is 5.95 Å². The second kappa shape index (κ2) is 5.22. The maximum absolute atomic E-state index is 11.4. The molecule has 0 spiro atoms. The number of tetrazole rings is 1. The van der Waals surface area contributed by atoms with Crippen molar-refractivity contribution in [1.82, 2.24) is 20.6 Å². The van der Waals surface area contributed by atoms with E-state index < -0.39 is 0 Å². The van der Waals surface area contributed by atoms with Gasteiger partial charge in [0.05, 0.1) is 0 Å². The summed E-state index contributed by atoms with van der Waals surface area (Å²) in [7, 11) is 0. The molecule has 1 amide bonds. The zero-order valence-corrected chi connectivity index (χ0v) is 9.35. The first kappa shape index (κ1) is 11.3. The summed E-state index contributed by atoms with van der Waals surface area (Å²) in [6.07, 6.45) is 3.00.